The van der Waals surface area contributed by atoms with Gasteiger partial charge in [-0.25, -0.2) is 4.98 Å². The van der Waals surface area contributed by atoms with Gasteiger partial charge in [0.2, 0.25) is 0 Å². The maximum Gasteiger partial charge on any atom is 0.138 e. The fourth-order valence-corrected chi connectivity index (χ4v) is 2.64. The van der Waals surface area contributed by atoms with Crippen molar-refractivity contribution < 1.29 is 4.74 Å². The quantitative estimate of drug-likeness (QED) is 0.773. The van der Waals surface area contributed by atoms with Crippen LogP contribution in [0.15, 0.2) is 54.9 Å². The molecule has 0 amide bonds. The van der Waals surface area contributed by atoms with Gasteiger partial charge in [0.25, 0.3) is 0 Å². The third kappa shape index (κ3) is 2.17. The molecule has 2 aromatic carbocycles. The number of para-hydroxylation sites is 2. The fourth-order valence-electron chi connectivity index (χ4n) is 2.64. The summed E-state index contributed by atoms with van der Waals surface area (Å²) in [6.07, 6.45) is 1.52. The molecule has 5 nitrogen and oxygen atoms in total. The number of ether oxygens (including phenoxy) is 1. The number of benzene rings is 2. The lowest BCUT2D eigenvalue weighted by Gasteiger charge is -2.28. The minimum absolute atomic E-state index is 0.0799. The molecule has 0 fully saturated rings. The van der Waals surface area contributed by atoms with Crippen molar-refractivity contribution >= 4 is 0 Å². The molecular weight excluding hydrogens is 264 g/mol. The van der Waals surface area contributed by atoms with Crippen LogP contribution in [0.5, 0.6) is 11.5 Å². The number of hydrogen-bond acceptors (Lipinski definition) is 4. The molecule has 1 aliphatic heterocycles. The molecule has 21 heavy (non-hydrogen) atoms. The number of rotatable bonds is 3. The van der Waals surface area contributed by atoms with Crippen molar-refractivity contribution in [3.05, 3.63) is 71.8 Å². The van der Waals surface area contributed by atoms with Crippen LogP contribution in [-0.4, -0.2) is 15.2 Å². The first kappa shape index (κ1) is 12.1. The van der Waals surface area contributed by atoms with Gasteiger partial charge in [-0.05, 0) is 12.1 Å². The first-order valence-corrected chi connectivity index (χ1v) is 6.85. The number of nitrogens with one attached hydrogen (secondary N) is 2. The third-order valence-electron chi connectivity index (χ3n) is 3.62. The zero-order valence-corrected chi connectivity index (χ0v) is 11.3. The van der Waals surface area contributed by atoms with Crippen LogP contribution in [0.4, 0.5) is 0 Å². The monoisotopic (exact) mass is 278 g/mol. The predicted molar refractivity (Wildman–Crippen MR) is 78.0 cm³/mol. The summed E-state index contributed by atoms with van der Waals surface area (Å²) in [6, 6.07) is 16.3. The number of aromatic nitrogens is 3. The molecule has 0 atom stereocenters. The normalized spacial score (nSPS) is 13.3. The first-order chi connectivity index (χ1) is 10.4. The van der Waals surface area contributed by atoms with Crippen molar-refractivity contribution in [2.75, 3.05) is 0 Å². The van der Waals surface area contributed by atoms with Crippen LogP contribution in [0.25, 0.3) is 0 Å². The van der Waals surface area contributed by atoms with E-state index in [1.807, 2.05) is 36.4 Å². The van der Waals surface area contributed by atoms with Gasteiger partial charge < -0.3 is 4.74 Å². The molecule has 2 heterocycles. The van der Waals surface area contributed by atoms with E-state index < -0.39 is 0 Å². The van der Waals surface area contributed by atoms with Crippen LogP contribution in [0.1, 0.15) is 23.0 Å². The highest BCUT2D eigenvalue weighted by Crippen LogP contribution is 2.42. The summed E-state index contributed by atoms with van der Waals surface area (Å²) in [5.41, 5.74) is 2.27. The Bertz CT molecular complexity index is 709. The standard InChI is InChI=1S/C16H14N4O/c1-3-7-13-11(5-1)16(17-9-15-18-10-19-20-15)12-6-2-4-8-14(12)21-13/h1-8,10,16-17H,9H2,(H,18,19,20). The maximum absolute atomic E-state index is 5.97. The van der Waals surface area contributed by atoms with Crippen LogP contribution in [0.3, 0.4) is 0 Å². The van der Waals surface area contributed by atoms with E-state index in [0.717, 1.165) is 28.5 Å². The summed E-state index contributed by atoms with van der Waals surface area (Å²) >= 11 is 0. The van der Waals surface area contributed by atoms with Gasteiger partial charge >= 0.3 is 0 Å². The van der Waals surface area contributed by atoms with Crippen molar-refractivity contribution in [2.24, 2.45) is 0 Å². The van der Waals surface area contributed by atoms with Crippen molar-refractivity contribution in [3.8, 4) is 11.5 Å². The second-order valence-corrected chi connectivity index (χ2v) is 4.92. The van der Waals surface area contributed by atoms with E-state index in [2.05, 4.69) is 32.6 Å². The lowest BCUT2D eigenvalue weighted by Crippen LogP contribution is -2.25. The number of hydrogen-bond donors (Lipinski definition) is 2. The summed E-state index contributed by atoms with van der Waals surface area (Å²) in [5, 5.41) is 10.3. The molecule has 0 radical (unpaired) electrons. The second-order valence-electron chi connectivity index (χ2n) is 4.92. The van der Waals surface area contributed by atoms with E-state index in [1.165, 1.54) is 6.33 Å². The number of fused-ring (bicyclic) bond motifs is 2. The highest BCUT2D eigenvalue weighted by Gasteiger charge is 2.26. The Balaban J connectivity index is 1.71. The van der Waals surface area contributed by atoms with Gasteiger partial charge in [-0.1, -0.05) is 36.4 Å². The van der Waals surface area contributed by atoms with Gasteiger partial charge in [-0.15, -0.1) is 0 Å². The molecule has 3 aromatic rings. The Morgan fingerprint density at radius 2 is 1.67 bits per heavy atom. The minimum atomic E-state index is 0.0799. The Kier molecular flexibility index (Phi) is 2.90. The molecular formula is C16H14N4O. The van der Waals surface area contributed by atoms with E-state index in [0.29, 0.717) is 6.54 Å². The Morgan fingerprint density at radius 3 is 2.29 bits per heavy atom. The van der Waals surface area contributed by atoms with Crippen LogP contribution >= 0.6 is 0 Å². The van der Waals surface area contributed by atoms with Crippen molar-refractivity contribution in [2.45, 2.75) is 12.6 Å². The predicted octanol–water partition coefficient (Wildman–Crippen LogP) is 2.79. The summed E-state index contributed by atoms with van der Waals surface area (Å²) in [4.78, 5) is 4.15. The van der Waals surface area contributed by atoms with Crippen LogP contribution in [0.2, 0.25) is 0 Å². The van der Waals surface area contributed by atoms with E-state index in [9.17, 15) is 0 Å². The molecule has 1 aliphatic rings. The fraction of sp³-hybridized carbons (Fsp3) is 0.125. The van der Waals surface area contributed by atoms with Gasteiger partial charge in [0.1, 0.15) is 23.7 Å². The smallest absolute Gasteiger partial charge is 0.138 e. The zero-order chi connectivity index (χ0) is 14.1. The number of nitrogens with zero attached hydrogens (tertiary/aromatic N) is 2. The maximum atomic E-state index is 5.97. The Labute approximate surface area is 122 Å². The van der Waals surface area contributed by atoms with Crippen molar-refractivity contribution in [1.29, 1.82) is 0 Å². The van der Waals surface area contributed by atoms with Gasteiger partial charge in [0.15, 0.2) is 0 Å². The van der Waals surface area contributed by atoms with E-state index in [1.54, 1.807) is 0 Å². The average molecular weight is 278 g/mol. The first-order valence-electron chi connectivity index (χ1n) is 6.85. The Morgan fingerprint density at radius 1 is 1.00 bits per heavy atom. The second kappa shape index (κ2) is 5.03. The summed E-state index contributed by atoms with van der Waals surface area (Å²) in [6.45, 7) is 0.618. The third-order valence-corrected chi connectivity index (χ3v) is 3.62. The van der Waals surface area contributed by atoms with Gasteiger partial charge in [0, 0.05) is 11.1 Å². The van der Waals surface area contributed by atoms with Crippen LogP contribution in [-0.2, 0) is 6.54 Å². The molecule has 1 aromatic heterocycles. The summed E-state index contributed by atoms with van der Waals surface area (Å²) in [5.74, 6) is 2.61. The van der Waals surface area contributed by atoms with E-state index in [-0.39, 0.29) is 6.04 Å². The van der Waals surface area contributed by atoms with Gasteiger partial charge in [-0.2, -0.15) is 5.10 Å². The zero-order valence-electron chi connectivity index (χ0n) is 11.3. The summed E-state index contributed by atoms with van der Waals surface area (Å²) in [7, 11) is 0. The lowest BCUT2D eigenvalue weighted by atomic mass is 9.94. The van der Waals surface area contributed by atoms with Crippen LogP contribution < -0.4 is 10.1 Å². The molecule has 4 rings (SSSR count). The molecule has 0 aliphatic carbocycles. The Hall–Kier alpha value is -2.66. The van der Waals surface area contributed by atoms with Crippen LogP contribution in [0, 0.1) is 0 Å². The molecule has 0 unspecified atom stereocenters. The molecule has 0 bridgehead atoms. The highest BCUT2D eigenvalue weighted by atomic mass is 16.5. The SMILES string of the molecule is c1ccc2c(c1)Oc1ccccc1C2NCc1ncn[nH]1. The van der Waals surface area contributed by atoms with E-state index >= 15 is 0 Å². The highest BCUT2D eigenvalue weighted by molar-refractivity contribution is 5.52. The molecule has 0 saturated carbocycles. The largest absolute Gasteiger partial charge is 0.457 e. The minimum Gasteiger partial charge on any atom is -0.457 e. The molecule has 2 N–H and O–H groups in total. The van der Waals surface area contributed by atoms with E-state index in [4.69, 9.17) is 4.74 Å². The van der Waals surface area contributed by atoms with Gasteiger partial charge in [0.05, 0.1) is 12.6 Å². The number of H-pyrrole nitrogens is 1. The lowest BCUT2D eigenvalue weighted by molar-refractivity contribution is 0.426. The van der Waals surface area contributed by atoms with Crippen molar-refractivity contribution in [3.63, 3.8) is 0 Å². The molecule has 104 valence electrons. The average Bonchev–Trinajstić information content (AvgIpc) is 3.05. The molecule has 5 heteroatoms. The number of aromatic amines is 1. The van der Waals surface area contributed by atoms with Crippen molar-refractivity contribution in [1.82, 2.24) is 20.5 Å². The molecule has 0 spiro atoms. The van der Waals surface area contributed by atoms with Gasteiger partial charge in [-0.3, -0.25) is 10.4 Å². The molecule has 0 saturated heterocycles. The topological polar surface area (TPSA) is 62.8 Å². The summed E-state index contributed by atoms with van der Waals surface area (Å²) < 4.78 is 5.97.